The lowest BCUT2D eigenvalue weighted by Crippen LogP contribution is -2.47. The van der Waals surface area contributed by atoms with E-state index in [0.29, 0.717) is 11.4 Å². The van der Waals surface area contributed by atoms with Crippen LogP contribution in [0.25, 0.3) is 0 Å². The third-order valence-electron chi connectivity index (χ3n) is 6.30. The molecule has 1 fully saturated rings. The van der Waals surface area contributed by atoms with Crippen molar-refractivity contribution in [3.8, 4) is 5.75 Å². The van der Waals surface area contributed by atoms with E-state index in [1.165, 1.54) is 6.42 Å². The fraction of sp³-hybridized carbons (Fsp3) is 0.321. The first kappa shape index (κ1) is 23.5. The van der Waals surface area contributed by atoms with Crippen LogP contribution >= 0.6 is 0 Å². The van der Waals surface area contributed by atoms with E-state index in [2.05, 4.69) is 10.3 Å². The van der Waals surface area contributed by atoms with Crippen molar-refractivity contribution in [2.24, 2.45) is 0 Å². The summed E-state index contributed by atoms with van der Waals surface area (Å²) in [6.45, 7) is 2.00. The van der Waals surface area contributed by atoms with Gasteiger partial charge in [-0.1, -0.05) is 55.2 Å². The molecule has 0 bridgehead atoms. The van der Waals surface area contributed by atoms with E-state index in [1.54, 1.807) is 60.7 Å². The average molecular weight is 458 g/mol. The van der Waals surface area contributed by atoms with Crippen LogP contribution in [0, 0.1) is 6.92 Å². The van der Waals surface area contributed by atoms with Crippen molar-refractivity contribution in [2.75, 3.05) is 12.0 Å². The zero-order chi connectivity index (χ0) is 23.9. The maximum atomic E-state index is 13.8. The molecule has 2 amide bonds. The molecule has 1 aromatic heterocycles. The summed E-state index contributed by atoms with van der Waals surface area (Å²) in [6.07, 6.45) is 6.92. The number of benzene rings is 2. The number of anilines is 1. The van der Waals surface area contributed by atoms with Gasteiger partial charge in [-0.3, -0.25) is 19.5 Å². The summed E-state index contributed by atoms with van der Waals surface area (Å²) in [7, 11) is 1.60. The summed E-state index contributed by atoms with van der Waals surface area (Å²) in [5.41, 5.74) is 2.71. The minimum absolute atomic E-state index is 0.122. The Labute approximate surface area is 201 Å². The highest BCUT2D eigenvalue weighted by atomic mass is 16.5. The van der Waals surface area contributed by atoms with Gasteiger partial charge in [-0.15, -0.1) is 0 Å². The van der Waals surface area contributed by atoms with Crippen molar-refractivity contribution >= 4 is 17.5 Å². The maximum Gasteiger partial charge on any atom is 0.277 e. The second-order valence-electron chi connectivity index (χ2n) is 8.74. The van der Waals surface area contributed by atoms with Crippen molar-refractivity contribution in [3.63, 3.8) is 0 Å². The van der Waals surface area contributed by atoms with Crippen LogP contribution in [-0.2, 0) is 4.79 Å². The Morgan fingerprint density at radius 3 is 2.29 bits per heavy atom. The van der Waals surface area contributed by atoms with Crippen molar-refractivity contribution < 1.29 is 14.3 Å². The van der Waals surface area contributed by atoms with Gasteiger partial charge in [-0.05, 0) is 61.7 Å². The number of pyridine rings is 1. The van der Waals surface area contributed by atoms with Crippen LogP contribution in [0.2, 0.25) is 0 Å². The minimum atomic E-state index is -0.842. The number of hydrogen-bond acceptors (Lipinski definition) is 4. The molecule has 1 saturated carbocycles. The van der Waals surface area contributed by atoms with Gasteiger partial charge in [-0.2, -0.15) is 0 Å². The quantitative estimate of drug-likeness (QED) is 0.527. The van der Waals surface area contributed by atoms with Gasteiger partial charge < -0.3 is 10.1 Å². The van der Waals surface area contributed by atoms with Crippen LogP contribution in [0.3, 0.4) is 0 Å². The van der Waals surface area contributed by atoms with E-state index in [0.717, 1.165) is 36.8 Å². The standard InChI is InChI=1S/C28H31N3O3/c1-20-11-13-21(14-12-20)26(27(32)30-22-8-4-3-5-9-22)31(23-15-17-24(34-2)18-16-23)28(33)25-10-6-7-19-29-25/h6-7,10-19,22,26H,3-5,8-9H2,1-2H3,(H,30,32)/t26-/m1/s1. The molecule has 3 aromatic rings. The smallest absolute Gasteiger partial charge is 0.277 e. The number of hydrogen-bond donors (Lipinski definition) is 1. The van der Waals surface area contributed by atoms with Crippen LogP contribution < -0.4 is 15.0 Å². The number of methoxy groups -OCH3 is 1. The molecule has 1 atom stereocenters. The predicted molar refractivity (Wildman–Crippen MR) is 133 cm³/mol. The summed E-state index contributed by atoms with van der Waals surface area (Å²) in [4.78, 5) is 33.5. The van der Waals surface area contributed by atoms with E-state index in [1.807, 2.05) is 31.2 Å². The molecular formula is C28H31N3O3. The summed E-state index contributed by atoms with van der Waals surface area (Å²) < 4.78 is 5.31. The molecule has 6 nitrogen and oxygen atoms in total. The molecular weight excluding hydrogens is 426 g/mol. The summed E-state index contributed by atoms with van der Waals surface area (Å²) in [5.74, 6) is 0.151. The fourth-order valence-corrected chi connectivity index (χ4v) is 4.43. The molecule has 34 heavy (non-hydrogen) atoms. The normalized spacial score (nSPS) is 14.8. The molecule has 0 unspecified atom stereocenters. The van der Waals surface area contributed by atoms with Crippen LogP contribution in [0.5, 0.6) is 5.75 Å². The van der Waals surface area contributed by atoms with Gasteiger partial charge in [0.2, 0.25) is 5.91 Å². The average Bonchev–Trinajstić information content (AvgIpc) is 2.89. The van der Waals surface area contributed by atoms with Gasteiger partial charge in [0, 0.05) is 17.9 Å². The molecule has 1 aliphatic carbocycles. The number of carbonyl (C=O) groups excluding carboxylic acids is 2. The molecule has 1 aliphatic rings. The molecule has 2 aromatic carbocycles. The van der Waals surface area contributed by atoms with E-state index in [9.17, 15) is 9.59 Å². The SMILES string of the molecule is COc1ccc(N(C(=O)c2ccccn2)[C@@H](C(=O)NC2CCCCC2)c2ccc(C)cc2)cc1. The fourth-order valence-electron chi connectivity index (χ4n) is 4.43. The molecule has 176 valence electrons. The van der Waals surface area contributed by atoms with Gasteiger partial charge in [0.15, 0.2) is 0 Å². The summed E-state index contributed by atoms with van der Waals surface area (Å²) in [5, 5.41) is 3.23. The predicted octanol–water partition coefficient (Wildman–Crippen LogP) is 5.24. The molecule has 4 rings (SSSR count). The third-order valence-corrected chi connectivity index (χ3v) is 6.30. The Balaban J connectivity index is 1.79. The summed E-state index contributed by atoms with van der Waals surface area (Å²) in [6, 6.07) is 19.4. The lowest BCUT2D eigenvalue weighted by Gasteiger charge is -2.33. The Morgan fingerprint density at radius 1 is 0.971 bits per heavy atom. The van der Waals surface area contributed by atoms with Gasteiger partial charge in [0.1, 0.15) is 17.5 Å². The number of rotatable bonds is 7. The van der Waals surface area contributed by atoms with Crippen LogP contribution in [-0.4, -0.2) is 29.9 Å². The monoisotopic (exact) mass is 457 g/mol. The van der Waals surface area contributed by atoms with Crippen molar-refractivity contribution in [1.82, 2.24) is 10.3 Å². The Hall–Kier alpha value is -3.67. The second kappa shape index (κ2) is 11.0. The van der Waals surface area contributed by atoms with Gasteiger partial charge >= 0.3 is 0 Å². The topological polar surface area (TPSA) is 71.5 Å². The highest BCUT2D eigenvalue weighted by molar-refractivity contribution is 6.09. The third kappa shape index (κ3) is 5.45. The zero-order valence-corrected chi connectivity index (χ0v) is 19.7. The minimum Gasteiger partial charge on any atom is -0.497 e. The molecule has 1 N–H and O–H groups in total. The first-order valence-corrected chi connectivity index (χ1v) is 11.8. The first-order chi connectivity index (χ1) is 16.6. The van der Waals surface area contributed by atoms with Crippen molar-refractivity contribution in [1.29, 1.82) is 0 Å². The van der Waals surface area contributed by atoms with E-state index in [4.69, 9.17) is 4.74 Å². The highest BCUT2D eigenvalue weighted by Crippen LogP contribution is 2.31. The van der Waals surface area contributed by atoms with E-state index < -0.39 is 6.04 Å². The molecule has 0 saturated heterocycles. The molecule has 0 aliphatic heterocycles. The van der Waals surface area contributed by atoms with E-state index in [-0.39, 0.29) is 23.6 Å². The van der Waals surface area contributed by atoms with Crippen molar-refractivity contribution in [2.45, 2.75) is 51.1 Å². The Morgan fingerprint density at radius 2 is 1.68 bits per heavy atom. The largest absolute Gasteiger partial charge is 0.497 e. The number of carbonyl (C=O) groups is 2. The maximum absolute atomic E-state index is 13.8. The van der Waals surface area contributed by atoms with Crippen molar-refractivity contribution in [3.05, 3.63) is 89.7 Å². The number of aryl methyl sites for hydroxylation is 1. The van der Waals surface area contributed by atoms with Crippen LogP contribution in [0.4, 0.5) is 5.69 Å². The number of amides is 2. The second-order valence-corrected chi connectivity index (χ2v) is 8.74. The zero-order valence-electron chi connectivity index (χ0n) is 19.7. The lowest BCUT2D eigenvalue weighted by molar-refractivity contribution is -0.123. The first-order valence-electron chi connectivity index (χ1n) is 11.8. The van der Waals surface area contributed by atoms with Gasteiger partial charge in [0.25, 0.3) is 5.91 Å². The highest BCUT2D eigenvalue weighted by Gasteiger charge is 2.35. The molecule has 0 radical (unpaired) electrons. The number of nitrogens with one attached hydrogen (secondary N) is 1. The Bertz CT molecular complexity index is 1090. The number of aromatic nitrogens is 1. The molecule has 1 heterocycles. The van der Waals surface area contributed by atoms with E-state index >= 15 is 0 Å². The molecule has 6 heteroatoms. The molecule has 0 spiro atoms. The number of nitrogens with zero attached hydrogens (tertiary/aromatic N) is 2. The lowest BCUT2D eigenvalue weighted by atomic mass is 9.94. The van der Waals surface area contributed by atoms with Crippen LogP contribution in [0.15, 0.2) is 72.9 Å². The number of ether oxygens (including phenoxy) is 1. The van der Waals surface area contributed by atoms with Gasteiger partial charge in [0.05, 0.1) is 7.11 Å². The summed E-state index contributed by atoms with van der Waals surface area (Å²) >= 11 is 0. The van der Waals surface area contributed by atoms with Gasteiger partial charge in [-0.25, -0.2) is 0 Å². The van der Waals surface area contributed by atoms with Crippen LogP contribution in [0.1, 0.15) is 59.8 Å². The Kier molecular flexibility index (Phi) is 7.58.